The van der Waals surface area contributed by atoms with Gasteiger partial charge in [-0.05, 0) is 26.0 Å². The number of likely N-dealkylation sites (N-methyl/N-ethyl adjacent to an activating group) is 1. The monoisotopic (exact) mass is 215 g/mol. The highest BCUT2D eigenvalue weighted by Crippen LogP contribution is 2.19. The first-order valence-corrected chi connectivity index (χ1v) is 4.69. The standard InChI is InChI=1S/C9H14ClN3O/c1-9(2,6-14)13(3)8-5-4-7(10)11-12-8/h4-5,14H,6H2,1-3H3. The molecule has 0 aromatic carbocycles. The maximum Gasteiger partial charge on any atom is 0.151 e. The third-order valence-electron chi connectivity index (χ3n) is 2.26. The number of rotatable bonds is 3. The van der Waals surface area contributed by atoms with Crippen molar-refractivity contribution in [1.82, 2.24) is 10.2 Å². The van der Waals surface area contributed by atoms with Crippen LogP contribution in [-0.4, -0.2) is 34.5 Å². The van der Waals surface area contributed by atoms with Gasteiger partial charge in [-0.1, -0.05) is 11.6 Å². The van der Waals surface area contributed by atoms with Crippen molar-refractivity contribution in [2.24, 2.45) is 0 Å². The maximum absolute atomic E-state index is 9.16. The summed E-state index contributed by atoms with van der Waals surface area (Å²) in [5.74, 6) is 0.688. The van der Waals surface area contributed by atoms with Gasteiger partial charge in [-0.25, -0.2) is 0 Å². The van der Waals surface area contributed by atoms with Crippen LogP contribution in [0.25, 0.3) is 0 Å². The highest BCUT2D eigenvalue weighted by Gasteiger charge is 2.23. The van der Waals surface area contributed by atoms with Crippen molar-refractivity contribution in [2.45, 2.75) is 19.4 Å². The van der Waals surface area contributed by atoms with Gasteiger partial charge in [-0.15, -0.1) is 10.2 Å². The molecule has 0 unspecified atom stereocenters. The molecule has 14 heavy (non-hydrogen) atoms. The molecule has 1 aromatic rings. The topological polar surface area (TPSA) is 49.2 Å². The van der Waals surface area contributed by atoms with E-state index in [4.69, 9.17) is 16.7 Å². The van der Waals surface area contributed by atoms with E-state index < -0.39 is 0 Å². The molecule has 4 nitrogen and oxygen atoms in total. The molecular weight excluding hydrogens is 202 g/mol. The fraction of sp³-hybridized carbons (Fsp3) is 0.556. The molecule has 0 radical (unpaired) electrons. The summed E-state index contributed by atoms with van der Waals surface area (Å²) in [6, 6.07) is 3.45. The molecule has 0 aliphatic carbocycles. The van der Waals surface area contributed by atoms with E-state index in [0.717, 1.165) is 0 Å². The van der Waals surface area contributed by atoms with Gasteiger partial charge in [0.15, 0.2) is 11.0 Å². The van der Waals surface area contributed by atoms with E-state index in [0.29, 0.717) is 11.0 Å². The largest absolute Gasteiger partial charge is 0.394 e. The van der Waals surface area contributed by atoms with Gasteiger partial charge >= 0.3 is 0 Å². The molecule has 0 atom stereocenters. The number of hydrogen-bond acceptors (Lipinski definition) is 4. The molecule has 1 heterocycles. The number of anilines is 1. The lowest BCUT2D eigenvalue weighted by Crippen LogP contribution is -2.44. The SMILES string of the molecule is CN(c1ccc(Cl)nn1)C(C)(C)CO. The second-order valence-electron chi connectivity index (χ2n) is 3.74. The van der Waals surface area contributed by atoms with Gasteiger partial charge in [-0.3, -0.25) is 0 Å². The molecule has 0 saturated carbocycles. The summed E-state index contributed by atoms with van der Waals surface area (Å²) in [4.78, 5) is 1.86. The zero-order valence-electron chi connectivity index (χ0n) is 8.53. The summed E-state index contributed by atoms with van der Waals surface area (Å²) in [6.07, 6.45) is 0. The molecule has 0 fully saturated rings. The summed E-state index contributed by atoms with van der Waals surface area (Å²) in [5.41, 5.74) is -0.359. The summed E-state index contributed by atoms with van der Waals surface area (Å²) < 4.78 is 0. The Morgan fingerprint density at radius 2 is 2.07 bits per heavy atom. The van der Waals surface area contributed by atoms with Crippen molar-refractivity contribution in [3.63, 3.8) is 0 Å². The highest BCUT2D eigenvalue weighted by molar-refractivity contribution is 6.29. The lowest BCUT2D eigenvalue weighted by Gasteiger charge is -2.34. The van der Waals surface area contributed by atoms with E-state index >= 15 is 0 Å². The first-order chi connectivity index (χ1) is 6.47. The van der Waals surface area contributed by atoms with Crippen molar-refractivity contribution >= 4 is 17.4 Å². The average molecular weight is 216 g/mol. The second-order valence-corrected chi connectivity index (χ2v) is 4.13. The maximum atomic E-state index is 9.16. The zero-order chi connectivity index (χ0) is 10.8. The number of halogens is 1. The zero-order valence-corrected chi connectivity index (χ0v) is 9.28. The third kappa shape index (κ3) is 2.33. The molecule has 0 bridgehead atoms. The van der Waals surface area contributed by atoms with Gasteiger partial charge in [0.05, 0.1) is 12.1 Å². The molecule has 0 spiro atoms. The number of aliphatic hydroxyl groups is 1. The van der Waals surface area contributed by atoms with E-state index in [2.05, 4.69) is 10.2 Å². The van der Waals surface area contributed by atoms with Crippen molar-refractivity contribution in [3.8, 4) is 0 Å². The normalized spacial score (nSPS) is 11.5. The molecular formula is C9H14ClN3O. The number of nitrogens with zero attached hydrogens (tertiary/aromatic N) is 3. The predicted molar refractivity (Wildman–Crippen MR) is 56.6 cm³/mol. The third-order valence-corrected chi connectivity index (χ3v) is 2.46. The quantitative estimate of drug-likeness (QED) is 0.827. The lowest BCUT2D eigenvalue weighted by molar-refractivity contribution is 0.215. The fourth-order valence-corrected chi connectivity index (χ4v) is 1.00. The minimum Gasteiger partial charge on any atom is -0.394 e. The Bertz CT molecular complexity index is 299. The van der Waals surface area contributed by atoms with Crippen molar-refractivity contribution in [1.29, 1.82) is 0 Å². The van der Waals surface area contributed by atoms with Crippen LogP contribution in [0.3, 0.4) is 0 Å². The van der Waals surface area contributed by atoms with Crippen molar-refractivity contribution < 1.29 is 5.11 Å². The summed E-state index contributed by atoms with van der Waals surface area (Å²) in [6.45, 7) is 3.89. The number of aromatic nitrogens is 2. The fourth-order valence-electron chi connectivity index (χ4n) is 0.904. The summed E-state index contributed by atoms with van der Waals surface area (Å²) in [5, 5.41) is 17.2. The van der Waals surface area contributed by atoms with Gasteiger partial charge in [0.25, 0.3) is 0 Å². The van der Waals surface area contributed by atoms with Crippen molar-refractivity contribution in [2.75, 3.05) is 18.6 Å². The van der Waals surface area contributed by atoms with Crippen LogP contribution < -0.4 is 4.90 Å². The lowest BCUT2D eigenvalue weighted by atomic mass is 10.1. The van der Waals surface area contributed by atoms with Gasteiger partial charge in [0.2, 0.25) is 0 Å². The average Bonchev–Trinajstić information content (AvgIpc) is 2.18. The number of aliphatic hydroxyl groups excluding tert-OH is 1. The first-order valence-electron chi connectivity index (χ1n) is 4.31. The first kappa shape index (κ1) is 11.2. The summed E-state index contributed by atoms with van der Waals surface area (Å²) in [7, 11) is 1.86. The Morgan fingerprint density at radius 3 is 2.50 bits per heavy atom. The van der Waals surface area contributed by atoms with Crippen LogP contribution in [0.15, 0.2) is 12.1 Å². The van der Waals surface area contributed by atoms with Crippen LogP contribution in [0.2, 0.25) is 5.15 Å². The van der Waals surface area contributed by atoms with E-state index in [1.54, 1.807) is 12.1 Å². The molecule has 0 aliphatic rings. The Labute approximate surface area is 88.5 Å². The Morgan fingerprint density at radius 1 is 1.43 bits per heavy atom. The molecule has 1 N–H and O–H groups in total. The van der Waals surface area contributed by atoms with Gasteiger partial charge in [0.1, 0.15) is 0 Å². The van der Waals surface area contributed by atoms with Crippen LogP contribution >= 0.6 is 11.6 Å². The van der Waals surface area contributed by atoms with Gasteiger partial charge in [-0.2, -0.15) is 0 Å². The Kier molecular flexibility index (Phi) is 3.29. The molecule has 78 valence electrons. The highest BCUT2D eigenvalue weighted by atomic mass is 35.5. The predicted octanol–water partition coefficient (Wildman–Crippen LogP) is 1.34. The van der Waals surface area contributed by atoms with E-state index in [1.165, 1.54) is 0 Å². The minimum atomic E-state index is -0.359. The van der Waals surface area contributed by atoms with Crippen LogP contribution in [0, 0.1) is 0 Å². The molecule has 1 aromatic heterocycles. The van der Waals surface area contributed by atoms with E-state index in [-0.39, 0.29) is 12.1 Å². The smallest absolute Gasteiger partial charge is 0.151 e. The second kappa shape index (κ2) is 4.11. The summed E-state index contributed by atoms with van der Waals surface area (Å²) >= 11 is 5.62. The Hall–Kier alpha value is -0.870. The van der Waals surface area contributed by atoms with Crippen LogP contribution in [0.1, 0.15) is 13.8 Å². The molecule has 1 rings (SSSR count). The molecule has 0 amide bonds. The van der Waals surface area contributed by atoms with Crippen molar-refractivity contribution in [3.05, 3.63) is 17.3 Å². The van der Waals surface area contributed by atoms with Crippen LogP contribution in [0.4, 0.5) is 5.82 Å². The van der Waals surface area contributed by atoms with E-state index in [1.807, 2.05) is 25.8 Å². The minimum absolute atomic E-state index is 0.0494. The molecule has 0 saturated heterocycles. The molecule has 0 aliphatic heterocycles. The van der Waals surface area contributed by atoms with Crippen LogP contribution in [0.5, 0.6) is 0 Å². The van der Waals surface area contributed by atoms with Gasteiger partial charge in [0, 0.05) is 7.05 Å². The number of hydrogen-bond donors (Lipinski definition) is 1. The van der Waals surface area contributed by atoms with E-state index in [9.17, 15) is 0 Å². The van der Waals surface area contributed by atoms with Gasteiger partial charge < -0.3 is 10.0 Å². The van der Waals surface area contributed by atoms with Crippen LogP contribution in [-0.2, 0) is 0 Å². The molecule has 5 heteroatoms. The Balaban J connectivity index is 2.89.